The number of imidazole rings is 1. The van der Waals surface area contributed by atoms with Crippen LogP contribution in [0.3, 0.4) is 0 Å². The van der Waals surface area contributed by atoms with Gasteiger partial charge in [0.2, 0.25) is 21.9 Å². The number of aryl methyl sites for hydroxylation is 2. The molecule has 0 aliphatic carbocycles. The lowest BCUT2D eigenvalue weighted by atomic mass is 9.99. The molecular weight excluding hydrogens is 490 g/mol. The van der Waals surface area contributed by atoms with Crippen molar-refractivity contribution >= 4 is 32.7 Å². The number of carbonyl (C=O) groups is 1. The van der Waals surface area contributed by atoms with E-state index in [4.69, 9.17) is 0 Å². The average molecular weight is 520 g/mol. The van der Waals surface area contributed by atoms with Crippen LogP contribution in [0.2, 0.25) is 0 Å². The van der Waals surface area contributed by atoms with Crippen LogP contribution in [0.4, 0.5) is 5.95 Å². The number of nitrogens with one attached hydrogen (secondary N) is 2. The van der Waals surface area contributed by atoms with Crippen LogP contribution in [-0.2, 0) is 34.3 Å². The van der Waals surface area contributed by atoms with E-state index in [1.54, 1.807) is 39.9 Å². The summed E-state index contributed by atoms with van der Waals surface area (Å²) in [6.07, 6.45) is 4.05. The molecule has 3 aromatic carbocycles. The molecule has 1 atom stereocenters. The van der Waals surface area contributed by atoms with Gasteiger partial charge in [-0.15, -0.1) is 0 Å². The number of hydrogen-bond acceptors (Lipinski definition) is 6. The molecular formula is C27H29N5O4S. The summed E-state index contributed by atoms with van der Waals surface area (Å²) in [5.41, 5.74) is 5.26. The summed E-state index contributed by atoms with van der Waals surface area (Å²) >= 11 is 0. The molecule has 0 radical (unpaired) electrons. The summed E-state index contributed by atoms with van der Waals surface area (Å²) in [7, 11) is -4.04. The zero-order chi connectivity index (χ0) is 26.0. The van der Waals surface area contributed by atoms with Crippen LogP contribution in [-0.4, -0.2) is 46.6 Å². The zero-order valence-electron chi connectivity index (χ0n) is 20.5. The predicted octanol–water partition coefficient (Wildman–Crippen LogP) is 3.47. The van der Waals surface area contributed by atoms with Crippen LogP contribution < -0.4 is 10.2 Å². The Labute approximate surface area is 215 Å². The van der Waals surface area contributed by atoms with Crippen molar-refractivity contribution in [3.05, 3.63) is 89.7 Å². The van der Waals surface area contributed by atoms with Gasteiger partial charge >= 0.3 is 0 Å². The van der Waals surface area contributed by atoms with E-state index in [0.717, 1.165) is 16.5 Å². The fourth-order valence-electron chi connectivity index (χ4n) is 4.92. The number of anilines is 1. The van der Waals surface area contributed by atoms with Crippen LogP contribution in [0.1, 0.15) is 23.1 Å². The Kier molecular flexibility index (Phi) is 6.96. The van der Waals surface area contributed by atoms with Gasteiger partial charge in [-0.1, -0.05) is 54.6 Å². The van der Waals surface area contributed by atoms with E-state index in [1.807, 2.05) is 42.7 Å². The molecule has 2 heterocycles. The summed E-state index contributed by atoms with van der Waals surface area (Å²) in [6.45, 7) is 3.14. The number of hydrogen-bond donors (Lipinski definition) is 3. The van der Waals surface area contributed by atoms with E-state index >= 15 is 0 Å². The molecule has 3 N–H and O–H groups in total. The summed E-state index contributed by atoms with van der Waals surface area (Å²) in [4.78, 5) is 19.6. The van der Waals surface area contributed by atoms with Gasteiger partial charge in [0, 0.05) is 37.4 Å². The molecule has 0 spiro atoms. The quantitative estimate of drug-likeness (QED) is 0.307. The maximum atomic E-state index is 13.8. The summed E-state index contributed by atoms with van der Waals surface area (Å²) in [6, 6.07) is 17.7. The molecule has 192 valence electrons. The van der Waals surface area contributed by atoms with E-state index in [2.05, 4.69) is 15.8 Å². The molecule has 0 saturated heterocycles. The number of nitrogens with zero attached hydrogens (tertiary/aromatic N) is 3. The standard InChI is InChI=1S/C27H29N5O4S/c1-19-10-11-25(23-9-5-4-8-22(19)23)37(35,36)30-24(13-16-31-17-14-28-27(31)29-34)26(33)32-15-12-20-6-2-3-7-21(20)18-32/h2-11,14,17,24,30,34H,12-13,15-16,18H2,1H3,(H,28,29). The Balaban J connectivity index is 1.45. The maximum absolute atomic E-state index is 13.8. The summed E-state index contributed by atoms with van der Waals surface area (Å²) < 4.78 is 31.7. The van der Waals surface area contributed by atoms with Crippen LogP contribution in [0.5, 0.6) is 0 Å². The molecule has 1 aliphatic rings. The van der Waals surface area contributed by atoms with Gasteiger partial charge in [0.25, 0.3) is 0 Å². The van der Waals surface area contributed by atoms with Crippen molar-refractivity contribution in [1.82, 2.24) is 19.2 Å². The number of amides is 1. The fraction of sp³-hybridized carbons (Fsp3) is 0.259. The Morgan fingerprint density at radius 2 is 1.78 bits per heavy atom. The first-order valence-corrected chi connectivity index (χ1v) is 13.6. The second-order valence-corrected chi connectivity index (χ2v) is 10.9. The second kappa shape index (κ2) is 10.3. The Hall–Kier alpha value is -3.73. The van der Waals surface area contributed by atoms with Crippen LogP contribution in [0.25, 0.3) is 10.8 Å². The minimum absolute atomic E-state index is 0.135. The molecule has 0 bridgehead atoms. The van der Waals surface area contributed by atoms with Gasteiger partial charge in [-0.3, -0.25) is 10.0 Å². The van der Waals surface area contributed by atoms with E-state index in [9.17, 15) is 18.4 Å². The molecule has 10 heteroatoms. The van der Waals surface area contributed by atoms with Gasteiger partial charge in [0.1, 0.15) is 6.04 Å². The highest BCUT2D eigenvalue weighted by Gasteiger charge is 2.32. The van der Waals surface area contributed by atoms with Gasteiger partial charge in [-0.25, -0.2) is 18.9 Å². The van der Waals surface area contributed by atoms with E-state index in [1.165, 1.54) is 11.8 Å². The first kappa shape index (κ1) is 24.9. The lowest BCUT2D eigenvalue weighted by Gasteiger charge is -2.32. The third-order valence-corrected chi connectivity index (χ3v) is 8.43. The Bertz CT molecular complexity index is 1550. The Morgan fingerprint density at radius 1 is 1.05 bits per heavy atom. The van der Waals surface area contributed by atoms with Crippen molar-refractivity contribution in [2.24, 2.45) is 0 Å². The monoisotopic (exact) mass is 519 g/mol. The average Bonchev–Trinajstić information content (AvgIpc) is 3.38. The van der Waals surface area contributed by atoms with Crippen molar-refractivity contribution in [3.8, 4) is 0 Å². The zero-order valence-corrected chi connectivity index (χ0v) is 21.3. The highest BCUT2D eigenvalue weighted by molar-refractivity contribution is 7.89. The normalized spacial score (nSPS) is 14.4. The van der Waals surface area contributed by atoms with Crippen molar-refractivity contribution in [1.29, 1.82) is 0 Å². The first-order chi connectivity index (χ1) is 17.9. The third-order valence-electron chi connectivity index (χ3n) is 6.90. The number of sulfonamides is 1. The van der Waals surface area contributed by atoms with Gasteiger partial charge in [0.05, 0.1) is 4.90 Å². The molecule has 0 fully saturated rings. The second-order valence-electron chi connectivity index (χ2n) is 9.22. The number of fused-ring (bicyclic) bond motifs is 2. The largest absolute Gasteiger partial charge is 0.337 e. The minimum Gasteiger partial charge on any atom is -0.337 e. The number of rotatable bonds is 8. The molecule has 5 rings (SSSR count). The predicted molar refractivity (Wildman–Crippen MR) is 141 cm³/mol. The van der Waals surface area contributed by atoms with Gasteiger partial charge in [-0.2, -0.15) is 4.72 Å². The SMILES string of the molecule is Cc1ccc(S(=O)(=O)NC(CCn2ccnc2NO)C(=O)N2CCc3ccccc3C2)c2ccccc12. The number of aromatic nitrogens is 2. The van der Waals surface area contributed by atoms with E-state index < -0.39 is 16.1 Å². The fourth-order valence-corrected chi connectivity index (χ4v) is 6.35. The minimum atomic E-state index is -4.04. The van der Waals surface area contributed by atoms with E-state index in [0.29, 0.717) is 24.9 Å². The molecule has 1 aromatic heterocycles. The van der Waals surface area contributed by atoms with Gasteiger partial charge < -0.3 is 9.47 Å². The number of benzene rings is 3. The van der Waals surface area contributed by atoms with Crippen molar-refractivity contribution < 1.29 is 18.4 Å². The molecule has 37 heavy (non-hydrogen) atoms. The molecule has 9 nitrogen and oxygen atoms in total. The maximum Gasteiger partial charge on any atom is 0.241 e. The molecule has 1 aliphatic heterocycles. The van der Waals surface area contributed by atoms with Crippen LogP contribution in [0, 0.1) is 6.92 Å². The molecule has 0 saturated carbocycles. The highest BCUT2D eigenvalue weighted by Crippen LogP contribution is 2.27. The highest BCUT2D eigenvalue weighted by atomic mass is 32.2. The van der Waals surface area contributed by atoms with Crippen molar-refractivity contribution in [3.63, 3.8) is 0 Å². The molecule has 1 unspecified atom stereocenters. The molecule has 4 aromatic rings. The summed E-state index contributed by atoms with van der Waals surface area (Å²) in [5.74, 6) is -0.0707. The first-order valence-electron chi connectivity index (χ1n) is 12.1. The smallest absolute Gasteiger partial charge is 0.241 e. The Morgan fingerprint density at radius 3 is 2.57 bits per heavy atom. The lowest BCUT2D eigenvalue weighted by molar-refractivity contribution is -0.134. The topological polar surface area (TPSA) is 117 Å². The summed E-state index contributed by atoms with van der Waals surface area (Å²) in [5, 5.41) is 10.8. The van der Waals surface area contributed by atoms with Crippen LogP contribution >= 0.6 is 0 Å². The van der Waals surface area contributed by atoms with Crippen LogP contribution in [0.15, 0.2) is 78.0 Å². The van der Waals surface area contributed by atoms with Crippen molar-refractivity contribution in [2.45, 2.75) is 43.8 Å². The van der Waals surface area contributed by atoms with E-state index in [-0.39, 0.29) is 29.7 Å². The third kappa shape index (κ3) is 5.08. The lowest BCUT2D eigenvalue weighted by Crippen LogP contribution is -2.50. The van der Waals surface area contributed by atoms with Gasteiger partial charge in [-0.05, 0) is 47.9 Å². The number of carbonyl (C=O) groups excluding carboxylic acids is 1. The molecule has 1 amide bonds. The van der Waals surface area contributed by atoms with Gasteiger partial charge in [0.15, 0.2) is 0 Å². The van der Waals surface area contributed by atoms with Crippen molar-refractivity contribution in [2.75, 3.05) is 12.0 Å².